The number of hydrogen-bond donors (Lipinski definition) is 3. The fraction of sp³-hybridized carbons (Fsp3) is 0.286. The number of nitrogens with zero attached hydrogens (tertiary/aromatic N) is 2. The minimum atomic E-state index is -0.214. The molecular weight excluding hydrogens is 254 g/mol. The van der Waals surface area contributed by atoms with Crippen LogP contribution < -0.4 is 16.4 Å². The molecule has 1 heterocycles. The van der Waals surface area contributed by atoms with E-state index < -0.39 is 0 Å². The van der Waals surface area contributed by atoms with E-state index in [1.165, 1.54) is 0 Å². The molecule has 6 heteroatoms. The zero-order valence-corrected chi connectivity index (χ0v) is 11.5. The Morgan fingerprint density at radius 3 is 2.65 bits per heavy atom. The van der Waals surface area contributed by atoms with Crippen LogP contribution in [0.15, 0.2) is 36.7 Å². The van der Waals surface area contributed by atoms with Crippen molar-refractivity contribution in [3.63, 3.8) is 0 Å². The zero-order chi connectivity index (χ0) is 14.4. The largest absolute Gasteiger partial charge is 0.338 e. The van der Waals surface area contributed by atoms with Gasteiger partial charge >= 0.3 is 6.03 Å². The molecule has 0 radical (unpaired) electrons. The summed E-state index contributed by atoms with van der Waals surface area (Å²) in [6, 6.07) is 7.25. The predicted octanol–water partition coefficient (Wildman–Crippen LogP) is 1.24. The summed E-state index contributed by atoms with van der Waals surface area (Å²) in [7, 11) is 1.87. The van der Waals surface area contributed by atoms with Gasteiger partial charge in [-0.25, -0.2) is 4.79 Å². The molecule has 2 rings (SSSR count). The summed E-state index contributed by atoms with van der Waals surface area (Å²) < 4.78 is 1.74. The maximum Gasteiger partial charge on any atom is 0.319 e. The van der Waals surface area contributed by atoms with Gasteiger partial charge < -0.3 is 16.4 Å². The van der Waals surface area contributed by atoms with E-state index in [2.05, 4.69) is 15.7 Å². The quantitative estimate of drug-likeness (QED) is 0.766. The van der Waals surface area contributed by atoms with Crippen LogP contribution >= 0.6 is 0 Å². The van der Waals surface area contributed by atoms with Gasteiger partial charge in [-0.05, 0) is 29.7 Å². The topological polar surface area (TPSA) is 85.0 Å². The molecule has 1 aromatic carbocycles. The summed E-state index contributed by atoms with van der Waals surface area (Å²) in [6.07, 6.45) is 4.49. The van der Waals surface area contributed by atoms with Crippen molar-refractivity contribution >= 4 is 11.7 Å². The van der Waals surface area contributed by atoms with Crippen LogP contribution in [0.1, 0.15) is 11.1 Å². The second-order valence-corrected chi connectivity index (χ2v) is 4.55. The first-order valence-corrected chi connectivity index (χ1v) is 6.49. The lowest BCUT2D eigenvalue weighted by Crippen LogP contribution is -2.30. The molecule has 106 valence electrons. The molecule has 4 N–H and O–H groups in total. The number of urea groups is 1. The number of hydrogen-bond acceptors (Lipinski definition) is 3. The van der Waals surface area contributed by atoms with E-state index in [0.29, 0.717) is 13.1 Å². The molecule has 0 fully saturated rings. The van der Waals surface area contributed by atoms with E-state index >= 15 is 0 Å². The number of nitrogens with one attached hydrogen (secondary N) is 2. The number of carbonyl (C=O) groups excluding carboxylic acids is 1. The molecule has 20 heavy (non-hydrogen) atoms. The normalized spacial score (nSPS) is 10.3. The second kappa shape index (κ2) is 6.72. The Bertz CT molecular complexity index is 561. The molecule has 2 aromatic rings. The summed E-state index contributed by atoms with van der Waals surface area (Å²) >= 11 is 0. The third-order valence-electron chi connectivity index (χ3n) is 2.91. The lowest BCUT2D eigenvalue weighted by Gasteiger charge is -2.07. The number of aromatic nitrogens is 2. The summed E-state index contributed by atoms with van der Waals surface area (Å²) in [4.78, 5) is 11.7. The van der Waals surface area contributed by atoms with Gasteiger partial charge in [0.25, 0.3) is 0 Å². The lowest BCUT2D eigenvalue weighted by molar-refractivity contribution is 0.252. The van der Waals surface area contributed by atoms with Crippen LogP contribution in [0, 0.1) is 0 Å². The van der Waals surface area contributed by atoms with Crippen LogP contribution in [0.3, 0.4) is 0 Å². The van der Waals surface area contributed by atoms with Crippen molar-refractivity contribution in [2.45, 2.75) is 13.0 Å². The van der Waals surface area contributed by atoms with Crippen molar-refractivity contribution in [3.05, 3.63) is 47.8 Å². The number of carbonyl (C=O) groups is 1. The first kappa shape index (κ1) is 14.1. The molecule has 0 unspecified atom stereocenters. The average Bonchev–Trinajstić information content (AvgIpc) is 2.85. The summed E-state index contributed by atoms with van der Waals surface area (Å²) in [6.45, 7) is 1.07. The second-order valence-electron chi connectivity index (χ2n) is 4.55. The Labute approximate surface area is 118 Å². The smallest absolute Gasteiger partial charge is 0.319 e. The Hall–Kier alpha value is -2.34. The number of benzene rings is 1. The molecule has 0 saturated heterocycles. The van der Waals surface area contributed by atoms with Gasteiger partial charge in [-0.2, -0.15) is 5.10 Å². The van der Waals surface area contributed by atoms with E-state index in [0.717, 1.165) is 23.2 Å². The van der Waals surface area contributed by atoms with Crippen LogP contribution in [0.2, 0.25) is 0 Å². The summed E-state index contributed by atoms with van der Waals surface area (Å²) in [5, 5.41) is 9.66. The number of anilines is 1. The highest BCUT2D eigenvalue weighted by molar-refractivity contribution is 5.89. The number of aryl methyl sites for hydroxylation is 1. The third-order valence-corrected chi connectivity index (χ3v) is 2.91. The molecule has 0 aliphatic rings. The van der Waals surface area contributed by atoms with E-state index in [9.17, 15) is 4.79 Å². The summed E-state index contributed by atoms with van der Waals surface area (Å²) in [5.74, 6) is 0. The Morgan fingerprint density at radius 1 is 1.30 bits per heavy atom. The van der Waals surface area contributed by atoms with E-state index in [4.69, 9.17) is 5.73 Å². The number of amides is 2. The zero-order valence-electron chi connectivity index (χ0n) is 11.5. The van der Waals surface area contributed by atoms with Crippen molar-refractivity contribution in [2.75, 3.05) is 11.9 Å². The Kier molecular flexibility index (Phi) is 4.73. The molecule has 6 nitrogen and oxygen atoms in total. The van der Waals surface area contributed by atoms with Crippen LogP contribution in [0.5, 0.6) is 0 Å². The third kappa shape index (κ3) is 4.10. The van der Waals surface area contributed by atoms with Gasteiger partial charge in [-0.15, -0.1) is 0 Å². The average molecular weight is 273 g/mol. The molecule has 1 aromatic heterocycles. The van der Waals surface area contributed by atoms with Gasteiger partial charge in [-0.3, -0.25) is 4.68 Å². The highest BCUT2D eigenvalue weighted by atomic mass is 16.2. The van der Waals surface area contributed by atoms with Crippen molar-refractivity contribution in [1.82, 2.24) is 15.1 Å². The van der Waals surface area contributed by atoms with Gasteiger partial charge in [0, 0.05) is 32.0 Å². The fourth-order valence-corrected chi connectivity index (χ4v) is 1.82. The SMILES string of the molecule is Cn1cc(CCNC(=O)Nc2ccc(CN)cc2)cn1. The first-order chi connectivity index (χ1) is 9.67. The van der Waals surface area contributed by atoms with Crippen molar-refractivity contribution in [1.29, 1.82) is 0 Å². The van der Waals surface area contributed by atoms with Crippen LogP contribution in [0.4, 0.5) is 10.5 Å². The van der Waals surface area contributed by atoms with Crippen molar-refractivity contribution < 1.29 is 4.79 Å². The molecule has 2 amide bonds. The molecular formula is C14H19N5O. The van der Waals surface area contributed by atoms with Crippen LogP contribution in [0.25, 0.3) is 0 Å². The van der Waals surface area contributed by atoms with Gasteiger partial charge in [0.2, 0.25) is 0 Å². The van der Waals surface area contributed by atoms with E-state index in [1.807, 2.05) is 37.5 Å². The molecule has 0 spiro atoms. The molecule has 0 saturated carbocycles. The van der Waals surface area contributed by atoms with Crippen molar-refractivity contribution in [3.8, 4) is 0 Å². The van der Waals surface area contributed by atoms with Gasteiger partial charge in [0.05, 0.1) is 6.20 Å². The summed E-state index contributed by atoms with van der Waals surface area (Å²) in [5.41, 5.74) is 8.40. The van der Waals surface area contributed by atoms with E-state index in [1.54, 1.807) is 10.9 Å². The maximum atomic E-state index is 11.7. The highest BCUT2D eigenvalue weighted by Crippen LogP contribution is 2.08. The Balaban J connectivity index is 1.74. The number of rotatable bonds is 5. The minimum Gasteiger partial charge on any atom is -0.338 e. The molecule has 0 aliphatic heterocycles. The molecule has 0 atom stereocenters. The fourth-order valence-electron chi connectivity index (χ4n) is 1.82. The van der Waals surface area contributed by atoms with Crippen LogP contribution in [-0.4, -0.2) is 22.4 Å². The standard InChI is InChI=1S/C14H19N5O/c1-19-10-12(9-17-19)6-7-16-14(20)18-13-4-2-11(8-15)3-5-13/h2-5,9-10H,6-8,15H2,1H3,(H2,16,18,20). The van der Waals surface area contributed by atoms with Crippen LogP contribution in [-0.2, 0) is 20.0 Å². The highest BCUT2D eigenvalue weighted by Gasteiger charge is 2.02. The molecule has 0 aliphatic carbocycles. The number of nitrogens with two attached hydrogens (primary N) is 1. The first-order valence-electron chi connectivity index (χ1n) is 6.49. The monoisotopic (exact) mass is 273 g/mol. The van der Waals surface area contributed by atoms with E-state index in [-0.39, 0.29) is 6.03 Å². The minimum absolute atomic E-state index is 0.214. The van der Waals surface area contributed by atoms with Gasteiger partial charge in [0.15, 0.2) is 0 Å². The molecule has 0 bridgehead atoms. The van der Waals surface area contributed by atoms with Gasteiger partial charge in [-0.1, -0.05) is 12.1 Å². The predicted molar refractivity (Wildman–Crippen MR) is 78.3 cm³/mol. The maximum absolute atomic E-state index is 11.7. The van der Waals surface area contributed by atoms with Gasteiger partial charge in [0.1, 0.15) is 0 Å². The van der Waals surface area contributed by atoms with Crippen molar-refractivity contribution in [2.24, 2.45) is 12.8 Å². The Morgan fingerprint density at radius 2 is 2.05 bits per heavy atom. The lowest BCUT2D eigenvalue weighted by atomic mass is 10.2.